The van der Waals surface area contributed by atoms with Crippen molar-refractivity contribution < 1.29 is 23.1 Å². The SMILES string of the molecule is C=C1C(=C)C(F)(F)c2cc(-c3cnc(C4CCCN4C(=O)C(NC(=O)OC)C(C)C)[nH]3)ccc21. The molecular formula is C25H28F2N4O3. The maximum atomic E-state index is 14.7. The van der Waals surface area contributed by atoms with Gasteiger partial charge < -0.3 is 19.9 Å². The average Bonchev–Trinajstić information content (AvgIpc) is 3.52. The number of nitrogens with zero attached hydrogens (tertiary/aromatic N) is 2. The van der Waals surface area contributed by atoms with E-state index < -0.39 is 18.1 Å². The number of carbonyl (C=O) groups is 2. The summed E-state index contributed by atoms with van der Waals surface area (Å²) in [4.78, 5) is 34.4. The molecule has 1 aromatic heterocycles. The summed E-state index contributed by atoms with van der Waals surface area (Å²) in [5, 5.41) is 2.62. The fourth-order valence-electron chi connectivity index (χ4n) is 4.59. The number of ether oxygens (including phenoxy) is 1. The molecule has 1 saturated heterocycles. The highest BCUT2D eigenvalue weighted by molar-refractivity contribution is 5.88. The number of nitrogens with one attached hydrogen (secondary N) is 2. The van der Waals surface area contributed by atoms with E-state index in [2.05, 4.69) is 33.2 Å². The molecule has 2 N–H and O–H groups in total. The third-order valence-corrected chi connectivity index (χ3v) is 6.58. The number of benzene rings is 1. The molecule has 0 bridgehead atoms. The largest absolute Gasteiger partial charge is 0.453 e. The number of methoxy groups -OCH3 is 1. The van der Waals surface area contributed by atoms with Crippen molar-refractivity contribution in [2.24, 2.45) is 5.92 Å². The van der Waals surface area contributed by atoms with Crippen LogP contribution in [0.1, 0.15) is 49.7 Å². The lowest BCUT2D eigenvalue weighted by molar-refractivity contribution is -0.135. The summed E-state index contributed by atoms with van der Waals surface area (Å²) >= 11 is 0. The fraction of sp³-hybridized carbons (Fsp3) is 0.400. The fourth-order valence-corrected chi connectivity index (χ4v) is 4.59. The number of imidazole rings is 1. The molecule has 7 nitrogen and oxygen atoms in total. The van der Waals surface area contributed by atoms with E-state index >= 15 is 0 Å². The van der Waals surface area contributed by atoms with Gasteiger partial charge in [-0.2, -0.15) is 8.78 Å². The van der Waals surface area contributed by atoms with Gasteiger partial charge in [-0.1, -0.05) is 39.1 Å². The second-order valence-corrected chi connectivity index (χ2v) is 9.02. The van der Waals surface area contributed by atoms with Crippen molar-refractivity contribution in [1.82, 2.24) is 20.2 Å². The minimum Gasteiger partial charge on any atom is -0.453 e. The number of likely N-dealkylation sites (tertiary alicyclic amines) is 1. The smallest absolute Gasteiger partial charge is 0.407 e. The second kappa shape index (κ2) is 8.70. The molecule has 2 atom stereocenters. The zero-order valence-electron chi connectivity index (χ0n) is 19.5. The van der Waals surface area contributed by atoms with Gasteiger partial charge in [-0.15, -0.1) is 0 Å². The number of aromatic nitrogens is 2. The normalized spacial score (nSPS) is 19.9. The molecule has 1 aromatic carbocycles. The number of H-pyrrole nitrogens is 1. The molecular weight excluding hydrogens is 442 g/mol. The van der Waals surface area contributed by atoms with Crippen LogP contribution in [-0.4, -0.2) is 46.6 Å². The first-order chi connectivity index (χ1) is 16.1. The average molecular weight is 471 g/mol. The van der Waals surface area contributed by atoms with Gasteiger partial charge in [-0.25, -0.2) is 9.78 Å². The number of rotatable bonds is 5. The van der Waals surface area contributed by atoms with E-state index in [4.69, 9.17) is 0 Å². The molecule has 34 heavy (non-hydrogen) atoms. The Morgan fingerprint density at radius 3 is 2.74 bits per heavy atom. The van der Waals surface area contributed by atoms with Gasteiger partial charge in [0.1, 0.15) is 11.9 Å². The predicted molar refractivity (Wildman–Crippen MR) is 124 cm³/mol. The number of fused-ring (bicyclic) bond motifs is 1. The van der Waals surface area contributed by atoms with E-state index in [0.29, 0.717) is 35.6 Å². The third kappa shape index (κ3) is 3.89. The lowest BCUT2D eigenvalue weighted by Gasteiger charge is -2.30. The first kappa shape index (κ1) is 23.7. The van der Waals surface area contributed by atoms with Crippen molar-refractivity contribution >= 4 is 17.6 Å². The van der Waals surface area contributed by atoms with Gasteiger partial charge >= 0.3 is 6.09 Å². The molecule has 0 radical (unpaired) electrons. The number of carbonyl (C=O) groups excluding carboxylic acids is 2. The van der Waals surface area contributed by atoms with Gasteiger partial charge in [0.05, 0.1) is 25.0 Å². The minimum absolute atomic E-state index is 0.123. The van der Waals surface area contributed by atoms with Crippen LogP contribution in [0.5, 0.6) is 0 Å². The first-order valence-corrected chi connectivity index (χ1v) is 11.2. The molecule has 2 unspecified atom stereocenters. The number of hydrogen-bond acceptors (Lipinski definition) is 4. The van der Waals surface area contributed by atoms with Crippen LogP contribution in [0.3, 0.4) is 0 Å². The molecule has 2 aromatic rings. The second-order valence-electron chi connectivity index (χ2n) is 9.02. The van der Waals surface area contributed by atoms with Crippen LogP contribution >= 0.6 is 0 Å². The van der Waals surface area contributed by atoms with Crippen molar-refractivity contribution in [3.05, 3.63) is 60.1 Å². The topological polar surface area (TPSA) is 87.3 Å². The Balaban J connectivity index is 1.59. The lowest BCUT2D eigenvalue weighted by atomic mass is 10.0. The first-order valence-electron chi connectivity index (χ1n) is 11.2. The van der Waals surface area contributed by atoms with Crippen LogP contribution in [-0.2, 0) is 15.5 Å². The molecule has 4 rings (SSSR count). The number of alkyl carbamates (subject to hydrolysis) is 1. The Morgan fingerprint density at radius 1 is 1.32 bits per heavy atom. The van der Waals surface area contributed by atoms with E-state index in [1.54, 1.807) is 23.2 Å². The molecule has 1 aliphatic carbocycles. The standard InChI is InChI=1S/C25H28F2N4O3/c1-13(2)21(30-24(33)34-5)23(32)31-10-6-7-20(31)22-28-12-19(29-22)16-8-9-17-14(3)15(4)25(26,27)18(17)11-16/h8-9,11-13,20-21H,3-4,6-7,10H2,1-2,5H3,(H,28,29)(H,30,33). The number of allylic oxidation sites excluding steroid dienone is 2. The zero-order chi connectivity index (χ0) is 24.8. The Kier molecular flexibility index (Phi) is 6.05. The van der Waals surface area contributed by atoms with E-state index in [1.807, 2.05) is 13.8 Å². The maximum Gasteiger partial charge on any atom is 0.407 e. The van der Waals surface area contributed by atoms with Crippen molar-refractivity contribution in [3.63, 3.8) is 0 Å². The molecule has 0 spiro atoms. The zero-order valence-corrected chi connectivity index (χ0v) is 19.5. The van der Waals surface area contributed by atoms with Crippen LogP contribution in [0.2, 0.25) is 0 Å². The Hall–Kier alpha value is -3.49. The molecule has 9 heteroatoms. The van der Waals surface area contributed by atoms with Crippen molar-refractivity contribution in [3.8, 4) is 11.3 Å². The Labute approximate surface area is 196 Å². The van der Waals surface area contributed by atoms with E-state index in [9.17, 15) is 18.4 Å². The lowest BCUT2D eigenvalue weighted by Crippen LogP contribution is -2.51. The quantitative estimate of drug-likeness (QED) is 0.658. The molecule has 0 saturated carbocycles. The van der Waals surface area contributed by atoms with Gasteiger partial charge in [0.2, 0.25) is 5.91 Å². The van der Waals surface area contributed by atoms with Crippen LogP contribution in [0.15, 0.2) is 43.1 Å². The van der Waals surface area contributed by atoms with Gasteiger partial charge in [-0.05, 0) is 36.0 Å². The van der Waals surface area contributed by atoms with Gasteiger partial charge in [0, 0.05) is 23.2 Å². The Bertz CT molecular complexity index is 1170. The van der Waals surface area contributed by atoms with E-state index in [-0.39, 0.29) is 34.6 Å². The molecule has 2 aliphatic rings. The molecule has 2 heterocycles. The third-order valence-electron chi connectivity index (χ3n) is 6.58. The molecule has 2 amide bonds. The summed E-state index contributed by atoms with van der Waals surface area (Å²) in [6.45, 7) is 11.5. The van der Waals surface area contributed by atoms with Crippen molar-refractivity contribution in [1.29, 1.82) is 0 Å². The summed E-state index contributed by atoms with van der Waals surface area (Å²) in [7, 11) is 1.25. The highest BCUT2D eigenvalue weighted by Gasteiger charge is 2.45. The van der Waals surface area contributed by atoms with Crippen LogP contribution in [0, 0.1) is 5.92 Å². The van der Waals surface area contributed by atoms with Gasteiger partial charge in [0.15, 0.2) is 0 Å². The predicted octanol–water partition coefficient (Wildman–Crippen LogP) is 4.80. The molecule has 180 valence electrons. The van der Waals surface area contributed by atoms with Gasteiger partial charge in [0.25, 0.3) is 5.92 Å². The number of aromatic amines is 1. The minimum atomic E-state index is -3.17. The monoisotopic (exact) mass is 470 g/mol. The molecule has 1 aliphatic heterocycles. The van der Waals surface area contributed by atoms with Crippen LogP contribution in [0.4, 0.5) is 13.6 Å². The number of halogens is 2. The summed E-state index contributed by atoms with van der Waals surface area (Å²) < 4.78 is 34.0. The number of alkyl halides is 2. The summed E-state index contributed by atoms with van der Waals surface area (Å²) in [5.74, 6) is -2.95. The Morgan fingerprint density at radius 2 is 2.06 bits per heavy atom. The van der Waals surface area contributed by atoms with E-state index in [0.717, 1.165) is 6.42 Å². The van der Waals surface area contributed by atoms with Crippen LogP contribution < -0.4 is 5.32 Å². The number of amides is 2. The summed E-state index contributed by atoms with van der Waals surface area (Å²) in [5.41, 5.74) is 1.36. The van der Waals surface area contributed by atoms with Gasteiger partial charge in [-0.3, -0.25) is 4.79 Å². The van der Waals surface area contributed by atoms with E-state index in [1.165, 1.54) is 13.2 Å². The van der Waals surface area contributed by atoms with Crippen molar-refractivity contribution in [2.45, 2.75) is 44.7 Å². The van der Waals surface area contributed by atoms with Crippen LogP contribution in [0.25, 0.3) is 16.8 Å². The molecule has 1 fully saturated rings. The summed E-state index contributed by atoms with van der Waals surface area (Å²) in [6, 6.07) is 3.75. The summed E-state index contributed by atoms with van der Waals surface area (Å²) in [6.07, 6.45) is 2.40. The van der Waals surface area contributed by atoms with Crippen molar-refractivity contribution in [2.75, 3.05) is 13.7 Å². The number of hydrogen-bond donors (Lipinski definition) is 2. The highest BCUT2D eigenvalue weighted by atomic mass is 19.3. The highest BCUT2D eigenvalue weighted by Crippen LogP contribution is 2.51. The maximum absolute atomic E-state index is 14.7.